The highest BCUT2D eigenvalue weighted by molar-refractivity contribution is 6.01. The molecule has 5 aliphatic rings. The lowest BCUT2D eigenvalue weighted by Gasteiger charge is -2.60. The van der Waals surface area contributed by atoms with Crippen molar-refractivity contribution in [2.75, 3.05) is 6.61 Å². The monoisotopic (exact) mass is 474 g/mol. The molecule has 0 aromatic rings. The van der Waals surface area contributed by atoms with Gasteiger partial charge in [-0.25, -0.2) is 4.39 Å². The van der Waals surface area contributed by atoms with Gasteiger partial charge in [0.2, 0.25) is 0 Å². The number of halogens is 1. The molecule has 1 N–H and O–H groups in total. The SMILES string of the molecule is CC(C)OCC(=O)[C@@]12OC(C)(C)C[C@@H]1C[C@H]1[C@@H]3C[C@H](F)C4=CC(=O)C=C[C@]4(C)[C@H]3[C@@H](O)C[C@@]12C. The lowest BCUT2D eigenvalue weighted by molar-refractivity contribution is -0.209. The van der Waals surface area contributed by atoms with Crippen LogP contribution in [0.1, 0.15) is 67.2 Å². The molecule has 1 aliphatic heterocycles. The zero-order chi connectivity index (χ0) is 24.8. The minimum absolute atomic E-state index is 0.0120. The van der Waals surface area contributed by atoms with Gasteiger partial charge in [0, 0.05) is 16.7 Å². The molecule has 4 fully saturated rings. The first-order chi connectivity index (χ1) is 15.7. The second-order valence-electron chi connectivity index (χ2n) is 12.8. The van der Waals surface area contributed by atoms with Gasteiger partial charge < -0.3 is 14.6 Å². The summed E-state index contributed by atoms with van der Waals surface area (Å²) in [7, 11) is 0. The molecule has 3 saturated carbocycles. The number of hydrogen-bond donors (Lipinski definition) is 1. The molecule has 188 valence electrons. The number of rotatable bonds is 4. The van der Waals surface area contributed by atoms with Gasteiger partial charge in [-0.05, 0) is 88.9 Å². The van der Waals surface area contributed by atoms with E-state index < -0.39 is 34.3 Å². The van der Waals surface area contributed by atoms with E-state index in [9.17, 15) is 14.7 Å². The Morgan fingerprint density at radius 1 is 1.24 bits per heavy atom. The number of allylic oxidation sites excluding steroid dienone is 4. The van der Waals surface area contributed by atoms with Crippen LogP contribution < -0.4 is 0 Å². The number of hydrogen-bond acceptors (Lipinski definition) is 5. The molecule has 0 amide bonds. The van der Waals surface area contributed by atoms with Crippen molar-refractivity contribution in [1.82, 2.24) is 0 Å². The number of ketones is 2. The third-order valence-corrected chi connectivity index (χ3v) is 9.97. The fourth-order valence-corrected chi connectivity index (χ4v) is 8.93. The van der Waals surface area contributed by atoms with Crippen LogP contribution in [0.5, 0.6) is 0 Å². The Hall–Kier alpha value is -1.37. The van der Waals surface area contributed by atoms with Crippen LogP contribution in [0.2, 0.25) is 0 Å². The standard InChI is InChI=1S/C28H39FO5/c1-15(2)33-14-23(32)28-16(12-25(3,4)34-28)9-19-18-11-21(29)20-10-17(30)7-8-26(20,5)24(18)22(31)13-27(19,28)6/h7-8,10,15-16,18-19,21-22,24,31H,9,11-14H2,1-6H3/t16-,18-,19-,21-,22-,24+,26-,27-,28-/m0/s1. The first-order valence-corrected chi connectivity index (χ1v) is 12.9. The third-order valence-electron chi connectivity index (χ3n) is 9.97. The van der Waals surface area contributed by atoms with Gasteiger partial charge in [0.25, 0.3) is 0 Å². The van der Waals surface area contributed by atoms with E-state index in [1.165, 1.54) is 12.2 Å². The number of carbonyl (C=O) groups is 2. The van der Waals surface area contributed by atoms with Crippen molar-refractivity contribution in [1.29, 1.82) is 0 Å². The number of fused-ring (bicyclic) bond motifs is 7. The highest BCUT2D eigenvalue weighted by atomic mass is 19.1. The summed E-state index contributed by atoms with van der Waals surface area (Å²) < 4.78 is 28.1. The van der Waals surface area contributed by atoms with Crippen LogP contribution in [0.25, 0.3) is 0 Å². The topological polar surface area (TPSA) is 72.8 Å². The van der Waals surface area contributed by atoms with Gasteiger partial charge in [-0.2, -0.15) is 0 Å². The summed E-state index contributed by atoms with van der Waals surface area (Å²) in [6.07, 6.45) is 4.96. The Labute approximate surface area is 202 Å². The fraction of sp³-hybridized carbons (Fsp3) is 0.786. The van der Waals surface area contributed by atoms with Gasteiger partial charge in [-0.1, -0.05) is 19.9 Å². The second kappa shape index (κ2) is 7.57. The van der Waals surface area contributed by atoms with Gasteiger partial charge in [-0.15, -0.1) is 0 Å². The van der Waals surface area contributed by atoms with Gasteiger partial charge in [-0.3, -0.25) is 9.59 Å². The molecule has 34 heavy (non-hydrogen) atoms. The predicted molar refractivity (Wildman–Crippen MR) is 126 cm³/mol. The number of carbonyl (C=O) groups excluding carboxylic acids is 2. The largest absolute Gasteiger partial charge is 0.393 e. The molecule has 0 radical (unpaired) electrons. The molecule has 5 nitrogen and oxygen atoms in total. The minimum Gasteiger partial charge on any atom is -0.393 e. The van der Waals surface area contributed by atoms with E-state index in [0.717, 1.165) is 12.8 Å². The Morgan fingerprint density at radius 2 is 1.94 bits per heavy atom. The average Bonchev–Trinajstić information content (AvgIpc) is 3.13. The molecule has 6 heteroatoms. The summed E-state index contributed by atoms with van der Waals surface area (Å²) in [5.41, 5.74) is -2.31. The van der Waals surface area contributed by atoms with Crippen molar-refractivity contribution < 1.29 is 28.6 Å². The van der Waals surface area contributed by atoms with Crippen molar-refractivity contribution >= 4 is 11.6 Å². The van der Waals surface area contributed by atoms with Crippen molar-refractivity contribution in [3.63, 3.8) is 0 Å². The normalized spacial score (nSPS) is 48.7. The number of aliphatic hydroxyl groups is 1. The molecule has 0 aromatic heterocycles. The highest BCUT2D eigenvalue weighted by Gasteiger charge is 2.76. The minimum atomic E-state index is -1.23. The molecule has 5 rings (SSSR count). The van der Waals surface area contributed by atoms with Crippen LogP contribution in [-0.2, 0) is 19.1 Å². The van der Waals surface area contributed by atoms with E-state index in [-0.39, 0.29) is 54.4 Å². The number of ether oxygens (including phenoxy) is 2. The van der Waals surface area contributed by atoms with Crippen LogP contribution in [0, 0.1) is 34.5 Å². The number of aliphatic hydroxyl groups excluding tert-OH is 1. The molecule has 0 aromatic carbocycles. The summed E-state index contributed by atoms with van der Waals surface area (Å²) >= 11 is 0. The quantitative estimate of drug-likeness (QED) is 0.655. The molecule has 0 spiro atoms. The molecule has 1 saturated heterocycles. The Morgan fingerprint density at radius 3 is 2.62 bits per heavy atom. The van der Waals surface area contributed by atoms with Crippen LogP contribution >= 0.6 is 0 Å². The Balaban J connectivity index is 1.57. The molecule has 4 aliphatic carbocycles. The fourth-order valence-electron chi connectivity index (χ4n) is 8.93. The Kier molecular flexibility index (Phi) is 5.41. The van der Waals surface area contributed by atoms with E-state index in [4.69, 9.17) is 9.47 Å². The summed E-state index contributed by atoms with van der Waals surface area (Å²) in [5.74, 6) is -0.471. The number of Topliss-reactive ketones (excluding diaryl/α,β-unsaturated/α-hetero) is 1. The molecule has 0 bridgehead atoms. The predicted octanol–water partition coefficient (Wildman–Crippen LogP) is 4.37. The molecular formula is C28H39FO5. The zero-order valence-electron chi connectivity index (χ0n) is 21.3. The maximum atomic E-state index is 15.6. The van der Waals surface area contributed by atoms with Crippen LogP contribution in [0.15, 0.2) is 23.8 Å². The van der Waals surface area contributed by atoms with Crippen molar-refractivity contribution in [3.05, 3.63) is 23.8 Å². The summed E-state index contributed by atoms with van der Waals surface area (Å²) in [6.45, 7) is 11.9. The third kappa shape index (κ3) is 3.13. The molecule has 0 unspecified atom stereocenters. The maximum absolute atomic E-state index is 15.6. The molecule has 1 heterocycles. The average molecular weight is 475 g/mol. The lowest BCUT2D eigenvalue weighted by atomic mass is 9.46. The zero-order valence-corrected chi connectivity index (χ0v) is 21.3. The van der Waals surface area contributed by atoms with E-state index in [1.54, 1.807) is 0 Å². The first kappa shape index (κ1) is 24.3. The van der Waals surface area contributed by atoms with Gasteiger partial charge in [0.1, 0.15) is 18.4 Å². The second-order valence-corrected chi connectivity index (χ2v) is 12.8. The van der Waals surface area contributed by atoms with Gasteiger partial charge in [0.15, 0.2) is 11.6 Å². The van der Waals surface area contributed by atoms with E-state index >= 15 is 4.39 Å². The van der Waals surface area contributed by atoms with Crippen molar-refractivity contribution in [3.8, 4) is 0 Å². The summed E-state index contributed by atoms with van der Waals surface area (Å²) in [6, 6.07) is 0. The highest BCUT2D eigenvalue weighted by Crippen LogP contribution is 2.72. The Bertz CT molecular complexity index is 968. The maximum Gasteiger partial charge on any atom is 0.191 e. The number of alkyl halides is 1. The summed E-state index contributed by atoms with van der Waals surface area (Å²) in [4.78, 5) is 25.9. The van der Waals surface area contributed by atoms with Crippen LogP contribution in [0.3, 0.4) is 0 Å². The lowest BCUT2D eigenvalue weighted by Crippen LogP contribution is -2.64. The van der Waals surface area contributed by atoms with Crippen molar-refractivity contribution in [2.24, 2.45) is 34.5 Å². The van der Waals surface area contributed by atoms with Gasteiger partial charge in [0.05, 0.1) is 17.8 Å². The van der Waals surface area contributed by atoms with E-state index in [0.29, 0.717) is 12.0 Å². The molecular weight excluding hydrogens is 435 g/mol. The molecule has 9 atom stereocenters. The summed E-state index contributed by atoms with van der Waals surface area (Å²) in [5, 5.41) is 11.7. The van der Waals surface area contributed by atoms with Crippen LogP contribution in [0.4, 0.5) is 4.39 Å². The van der Waals surface area contributed by atoms with Crippen molar-refractivity contribution in [2.45, 2.75) is 96.8 Å². The van der Waals surface area contributed by atoms with Gasteiger partial charge >= 0.3 is 0 Å². The first-order valence-electron chi connectivity index (χ1n) is 12.9. The smallest absolute Gasteiger partial charge is 0.191 e. The van der Waals surface area contributed by atoms with E-state index in [1.807, 2.05) is 40.7 Å². The van der Waals surface area contributed by atoms with Crippen LogP contribution in [-0.4, -0.2) is 52.9 Å². The van der Waals surface area contributed by atoms with E-state index in [2.05, 4.69) is 6.92 Å².